The first kappa shape index (κ1) is 11.4. The van der Waals surface area contributed by atoms with Crippen molar-refractivity contribution in [2.24, 2.45) is 0 Å². The third-order valence-corrected chi connectivity index (χ3v) is 2.84. The predicted molar refractivity (Wildman–Crippen MR) is 67.3 cm³/mol. The van der Waals surface area contributed by atoms with Gasteiger partial charge in [0.05, 0.1) is 0 Å². The van der Waals surface area contributed by atoms with E-state index in [1.165, 1.54) is 0 Å². The van der Waals surface area contributed by atoms with Crippen molar-refractivity contribution in [3.8, 4) is 5.75 Å². The van der Waals surface area contributed by atoms with Crippen LogP contribution in [0.3, 0.4) is 0 Å². The van der Waals surface area contributed by atoms with Crippen molar-refractivity contribution >= 4 is 5.78 Å². The Morgan fingerprint density at radius 2 is 1.59 bits per heavy atom. The fourth-order valence-electron chi connectivity index (χ4n) is 1.77. The van der Waals surface area contributed by atoms with E-state index in [1.807, 2.05) is 37.3 Å². The fourth-order valence-corrected chi connectivity index (χ4v) is 1.77. The smallest absolute Gasteiger partial charge is 0.170 e. The second kappa shape index (κ2) is 4.83. The normalized spacial score (nSPS) is 12.1. The van der Waals surface area contributed by atoms with Gasteiger partial charge in [0, 0.05) is 11.5 Å². The number of aromatic hydroxyl groups is 1. The number of phenolic OH excluding ortho intramolecular Hbond substituents is 1. The van der Waals surface area contributed by atoms with E-state index in [0.717, 1.165) is 5.56 Å². The number of Topliss-reactive ketones (excluding diaryl/α,β-unsaturated/α-hetero) is 1. The molecular weight excluding hydrogens is 212 g/mol. The molecule has 1 N–H and O–H groups in total. The minimum absolute atomic E-state index is 0.0938. The molecule has 0 unspecified atom stereocenters. The van der Waals surface area contributed by atoms with Gasteiger partial charge >= 0.3 is 0 Å². The maximum absolute atomic E-state index is 12.2. The zero-order valence-corrected chi connectivity index (χ0v) is 9.63. The Hall–Kier alpha value is -2.09. The number of phenols is 1. The van der Waals surface area contributed by atoms with E-state index in [0.29, 0.717) is 5.56 Å². The molecule has 2 heteroatoms. The molecule has 2 aromatic carbocycles. The third kappa shape index (κ3) is 2.53. The summed E-state index contributed by atoms with van der Waals surface area (Å²) in [5.41, 5.74) is 1.63. The zero-order valence-electron chi connectivity index (χ0n) is 9.63. The summed E-state index contributed by atoms with van der Waals surface area (Å²) in [6.45, 7) is 1.88. The molecule has 0 saturated carbocycles. The molecule has 0 amide bonds. The Morgan fingerprint density at radius 3 is 2.18 bits per heavy atom. The van der Waals surface area contributed by atoms with Crippen LogP contribution in [0, 0.1) is 0 Å². The van der Waals surface area contributed by atoms with Gasteiger partial charge in [-0.1, -0.05) is 49.4 Å². The largest absolute Gasteiger partial charge is 0.508 e. The van der Waals surface area contributed by atoms with Crippen LogP contribution >= 0.6 is 0 Å². The number of hydrogen-bond donors (Lipinski definition) is 1. The van der Waals surface area contributed by atoms with Crippen molar-refractivity contribution in [1.82, 2.24) is 0 Å². The van der Waals surface area contributed by atoms with Gasteiger partial charge < -0.3 is 5.11 Å². The van der Waals surface area contributed by atoms with E-state index >= 15 is 0 Å². The molecule has 0 aliphatic heterocycles. The molecule has 2 aromatic rings. The van der Waals surface area contributed by atoms with Crippen molar-refractivity contribution < 1.29 is 9.90 Å². The van der Waals surface area contributed by atoms with Crippen LogP contribution in [0.2, 0.25) is 0 Å². The summed E-state index contributed by atoms with van der Waals surface area (Å²) in [7, 11) is 0. The van der Waals surface area contributed by atoms with E-state index in [-0.39, 0.29) is 17.5 Å². The minimum Gasteiger partial charge on any atom is -0.508 e. The van der Waals surface area contributed by atoms with Crippen molar-refractivity contribution in [3.63, 3.8) is 0 Å². The van der Waals surface area contributed by atoms with E-state index in [2.05, 4.69) is 0 Å². The SMILES string of the molecule is C[C@H](C(=O)c1ccccc1)c1ccc(O)cc1. The van der Waals surface area contributed by atoms with Crippen molar-refractivity contribution in [3.05, 3.63) is 65.7 Å². The van der Waals surface area contributed by atoms with E-state index in [9.17, 15) is 9.90 Å². The predicted octanol–water partition coefficient (Wildman–Crippen LogP) is 3.38. The molecule has 0 bridgehead atoms. The Kier molecular flexibility index (Phi) is 3.24. The van der Waals surface area contributed by atoms with Gasteiger partial charge in [-0.15, -0.1) is 0 Å². The average Bonchev–Trinajstić information content (AvgIpc) is 2.39. The zero-order chi connectivity index (χ0) is 12.3. The van der Waals surface area contributed by atoms with E-state index in [1.54, 1.807) is 24.3 Å². The van der Waals surface area contributed by atoms with Crippen LogP contribution < -0.4 is 0 Å². The second-order valence-corrected chi connectivity index (χ2v) is 4.04. The summed E-state index contributed by atoms with van der Waals surface area (Å²) >= 11 is 0. The van der Waals surface area contributed by atoms with E-state index < -0.39 is 0 Å². The second-order valence-electron chi connectivity index (χ2n) is 4.04. The Balaban J connectivity index is 2.23. The highest BCUT2D eigenvalue weighted by Crippen LogP contribution is 2.22. The lowest BCUT2D eigenvalue weighted by Crippen LogP contribution is -2.09. The van der Waals surface area contributed by atoms with Gasteiger partial charge in [0.25, 0.3) is 0 Å². The fraction of sp³-hybridized carbons (Fsp3) is 0.133. The minimum atomic E-state index is -0.196. The first-order valence-electron chi connectivity index (χ1n) is 5.56. The molecule has 2 rings (SSSR count). The summed E-state index contributed by atoms with van der Waals surface area (Å²) in [6, 6.07) is 16.0. The third-order valence-electron chi connectivity index (χ3n) is 2.84. The van der Waals surface area contributed by atoms with Gasteiger partial charge in [-0.05, 0) is 17.7 Å². The number of ketones is 1. The Labute approximate surface area is 101 Å². The van der Waals surface area contributed by atoms with Crippen LogP contribution in [0.1, 0.15) is 28.8 Å². The summed E-state index contributed by atoms with van der Waals surface area (Å²) in [5.74, 6) is 0.113. The topological polar surface area (TPSA) is 37.3 Å². The van der Waals surface area contributed by atoms with Crippen molar-refractivity contribution in [2.45, 2.75) is 12.8 Å². The van der Waals surface area contributed by atoms with Crippen LogP contribution in [0.5, 0.6) is 5.75 Å². The summed E-state index contributed by atoms with van der Waals surface area (Å²) in [5, 5.41) is 9.21. The average molecular weight is 226 g/mol. The molecule has 0 aromatic heterocycles. The molecule has 0 aliphatic carbocycles. The highest BCUT2D eigenvalue weighted by atomic mass is 16.3. The number of benzene rings is 2. The van der Waals surface area contributed by atoms with Gasteiger partial charge in [0.15, 0.2) is 5.78 Å². The molecule has 86 valence electrons. The van der Waals surface area contributed by atoms with Crippen LogP contribution in [0.4, 0.5) is 0 Å². The van der Waals surface area contributed by atoms with Gasteiger partial charge in [-0.3, -0.25) is 4.79 Å². The monoisotopic (exact) mass is 226 g/mol. The molecule has 0 aliphatic rings. The van der Waals surface area contributed by atoms with Crippen LogP contribution in [-0.4, -0.2) is 10.9 Å². The highest BCUT2D eigenvalue weighted by molar-refractivity contribution is 6.00. The molecule has 2 nitrogen and oxygen atoms in total. The first-order valence-corrected chi connectivity index (χ1v) is 5.56. The maximum Gasteiger partial charge on any atom is 0.170 e. The number of carbonyl (C=O) groups is 1. The van der Waals surface area contributed by atoms with Crippen LogP contribution in [0.25, 0.3) is 0 Å². The number of carbonyl (C=O) groups excluding carboxylic acids is 1. The van der Waals surface area contributed by atoms with Gasteiger partial charge in [0.1, 0.15) is 5.75 Å². The molecule has 0 spiro atoms. The summed E-state index contributed by atoms with van der Waals surface area (Å²) in [4.78, 5) is 12.2. The summed E-state index contributed by atoms with van der Waals surface area (Å²) < 4.78 is 0. The van der Waals surface area contributed by atoms with Crippen LogP contribution in [-0.2, 0) is 0 Å². The maximum atomic E-state index is 12.2. The quantitative estimate of drug-likeness (QED) is 0.814. The molecule has 0 heterocycles. The molecular formula is C15H14O2. The molecule has 17 heavy (non-hydrogen) atoms. The first-order chi connectivity index (χ1) is 8.18. The van der Waals surface area contributed by atoms with Gasteiger partial charge in [-0.2, -0.15) is 0 Å². The highest BCUT2D eigenvalue weighted by Gasteiger charge is 2.16. The standard InChI is InChI=1S/C15H14O2/c1-11(12-7-9-14(16)10-8-12)15(17)13-5-3-2-4-6-13/h2-11,16H,1H3/t11-/m0/s1. The molecule has 0 saturated heterocycles. The van der Waals surface area contributed by atoms with Gasteiger partial charge in [-0.25, -0.2) is 0 Å². The molecule has 1 atom stereocenters. The Morgan fingerprint density at radius 1 is 1.00 bits per heavy atom. The summed E-state index contributed by atoms with van der Waals surface area (Å²) in [6.07, 6.45) is 0. The van der Waals surface area contributed by atoms with Gasteiger partial charge in [0.2, 0.25) is 0 Å². The lowest BCUT2D eigenvalue weighted by molar-refractivity contribution is 0.0966. The number of hydrogen-bond acceptors (Lipinski definition) is 2. The van der Waals surface area contributed by atoms with Crippen LogP contribution in [0.15, 0.2) is 54.6 Å². The Bertz CT molecular complexity index is 500. The lowest BCUT2D eigenvalue weighted by atomic mass is 9.92. The molecule has 0 fully saturated rings. The lowest BCUT2D eigenvalue weighted by Gasteiger charge is -2.10. The number of rotatable bonds is 3. The molecule has 0 radical (unpaired) electrons. The van der Waals surface area contributed by atoms with Crippen molar-refractivity contribution in [2.75, 3.05) is 0 Å². The van der Waals surface area contributed by atoms with E-state index in [4.69, 9.17) is 0 Å². The van der Waals surface area contributed by atoms with Crippen molar-refractivity contribution in [1.29, 1.82) is 0 Å².